The molecule has 0 heterocycles. The Morgan fingerprint density at radius 1 is 1.25 bits per heavy atom. The van der Waals surface area contributed by atoms with Crippen molar-refractivity contribution in [2.45, 2.75) is 65.6 Å². The SMILES string of the molecule is CCCC(C)Oc1cc(OC)ccc1CNC(C)(C)C. The second-order valence-corrected chi connectivity index (χ2v) is 6.29. The zero-order chi connectivity index (χ0) is 15.2. The number of hydrogen-bond donors (Lipinski definition) is 1. The van der Waals surface area contributed by atoms with E-state index >= 15 is 0 Å². The molecule has 20 heavy (non-hydrogen) atoms. The van der Waals surface area contributed by atoms with Crippen molar-refractivity contribution in [2.24, 2.45) is 0 Å². The van der Waals surface area contributed by atoms with Crippen molar-refractivity contribution in [2.75, 3.05) is 7.11 Å². The van der Waals surface area contributed by atoms with Crippen molar-refractivity contribution in [1.29, 1.82) is 0 Å². The fourth-order valence-corrected chi connectivity index (χ4v) is 1.96. The summed E-state index contributed by atoms with van der Waals surface area (Å²) in [5.41, 5.74) is 1.26. The topological polar surface area (TPSA) is 30.5 Å². The highest BCUT2D eigenvalue weighted by Crippen LogP contribution is 2.27. The molecular formula is C17H29NO2. The van der Waals surface area contributed by atoms with Crippen molar-refractivity contribution >= 4 is 0 Å². The first-order valence-corrected chi connectivity index (χ1v) is 7.44. The molecular weight excluding hydrogens is 250 g/mol. The van der Waals surface area contributed by atoms with Gasteiger partial charge in [-0.25, -0.2) is 0 Å². The van der Waals surface area contributed by atoms with Crippen LogP contribution in [0.25, 0.3) is 0 Å². The van der Waals surface area contributed by atoms with Gasteiger partial charge in [-0.05, 0) is 40.2 Å². The largest absolute Gasteiger partial charge is 0.497 e. The molecule has 0 spiro atoms. The Labute approximate surface area is 123 Å². The van der Waals surface area contributed by atoms with Gasteiger partial charge in [-0.1, -0.05) is 19.4 Å². The van der Waals surface area contributed by atoms with Crippen LogP contribution in [0.15, 0.2) is 18.2 Å². The second-order valence-electron chi connectivity index (χ2n) is 6.29. The molecule has 1 unspecified atom stereocenters. The minimum Gasteiger partial charge on any atom is -0.497 e. The molecule has 1 aromatic carbocycles. The Morgan fingerprint density at radius 3 is 2.50 bits per heavy atom. The highest BCUT2D eigenvalue weighted by molar-refractivity contribution is 5.41. The number of ether oxygens (including phenoxy) is 2. The third kappa shape index (κ3) is 5.83. The van der Waals surface area contributed by atoms with Gasteiger partial charge < -0.3 is 14.8 Å². The molecule has 0 aliphatic heterocycles. The van der Waals surface area contributed by atoms with Gasteiger partial charge in [0.15, 0.2) is 0 Å². The lowest BCUT2D eigenvalue weighted by Crippen LogP contribution is -2.35. The van der Waals surface area contributed by atoms with Gasteiger partial charge in [0, 0.05) is 23.7 Å². The summed E-state index contributed by atoms with van der Waals surface area (Å²) in [6, 6.07) is 6.04. The number of nitrogens with one attached hydrogen (secondary N) is 1. The summed E-state index contributed by atoms with van der Waals surface area (Å²) < 4.78 is 11.4. The average molecular weight is 279 g/mol. The molecule has 0 aromatic heterocycles. The Kier molecular flexibility index (Phi) is 6.34. The lowest BCUT2D eigenvalue weighted by Gasteiger charge is -2.23. The Balaban J connectivity index is 2.86. The van der Waals surface area contributed by atoms with Crippen LogP contribution in [0.5, 0.6) is 11.5 Å². The van der Waals surface area contributed by atoms with E-state index in [1.807, 2.05) is 12.1 Å². The molecule has 0 fully saturated rings. The molecule has 1 rings (SSSR count). The predicted octanol–water partition coefficient (Wildman–Crippen LogP) is 4.15. The van der Waals surface area contributed by atoms with Crippen LogP contribution in [0.2, 0.25) is 0 Å². The molecule has 1 aromatic rings. The summed E-state index contributed by atoms with van der Waals surface area (Å²) in [5, 5.41) is 3.50. The molecule has 114 valence electrons. The van der Waals surface area contributed by atoms with E-state index in [0.29, 0.717) is 0 Å². The molecule has 1 atom stereocenters. The quantitative estimate of drug-likeness (QED) is 0.813. The first-order chi connectivity index (χ1) is 9.35. The molecule has 1 N–H and O–H groups in total. The van der Waals surface area contributed by atoms with Gasteiger partial charge >= 0.3 is 0 Å². The van der Waals surface area contributed by atoms with E-state index in [2.05, 4.69) is 46.0 Å². The Hall–Kier alpha value is -1.22. The van der Waals surface area contributed by atoms with Gasteiger partial charge in [0.2, 0.25) is 0 Å². The highest BCUT2D eigenvalue weighted by Gasteiger charge is 2.13. The van der Waals surface area contributed by atoms with Crippen LogP contribution in [0.4, 0.5) is 0 Å². The van der Waals surface area contributed by atoms with Gasteiger partial charge in [-0.15, -0.1) is 0 Å². The predicted molar refractivity (Wildman–Crippen MR) is 84.6 cm³/mol. The highest BCUT2D eigenvalue weighted by atomic mass is 16.5. The van der Waals surface area contributed by atoms with E-state index in [9.17, 15) is 0 Å². The molecule has 3 heteroatoms. The summed E-state index contributed by atoms with van der Waals surface area (Å²) in [6.45, 7) is 11.6. The van der Waals surface area contributed by atoms with Crippen LogP contribution < -0.4 is 14.8 Å². The summed E-state index contributed by atoms with van der Waals surface area (Å²) in [6.07, 6.45) is 2.41. The van der Waals surface area contributed by atoms with Crippen molar-refractivity contribution in [3.8, 4) is 11.5 Å². The van der Waals surface area contributed by atoms with Gasteiger partial charge in [-0.3, -0.25) is 0 Å². The smallest absolute Gasteiger partial charge is 0.127 e. The molecule has 0 aliphatic rings. The lowest BCUT2D eigenvalue weighted by atomic mass is 10.1. The van der Waals surface area contributed by atoms with Gasteiger partial charge in [0.25, 0.3) is 0 Å². The second kappa shape index (κ2) is 7.53. The zero-order valence-electron chi connectivity index (χ0n) is 13.7. The molecule has 0 saturated heterocycles. The zero-order valence-corrected chi connectivity index (χ0v) is 13.7. The van der Waals surface area contributed by atoms with E-state index in [0.717, 1.165) is 30.9 Å². The molecule has 0 radical (unpaired) electrons. The summed E-state index contributed by atoms with van der Waals surface area (Å²) in [5.74, 6) is 1.75. The van der Waals surface area contributed by atoms with E-state index in [1.54, 1.807) is 7.11 Å². The van der Waals surface area contributed by atoms with Gasteiger partial charge in [0.05, 0.1) is 13.2 Å². The van der Waals surface area contributed by atoms with Crippen molar-refractivity contribution < 1.29 is 9.47 Å². The molecule has 0 aliphatic carbocycles. The van der Waals surface area contributed by atoms with E-state index in [-0.39, 0.29) is 11.6 Å². The fraction of sp³-hybridized carbons (Fsp3) is 0.647. The fourth-order valence-electron chi connectivity index (χ4n) is 1.96. The van der Waals surface area contributed by atoms with Crippen LogP contribution in [-0.2, 0) is 6.54 Å². The Bertz CT molecular complexity index is 410. The first kappa shape index (κ1) is 16.8. The standard InChI is InChI=1S/C17H29NO2/c1-7-8-13(2)20-16-11-15(19-6)10-9-14(16)12-18-17(3,4)5/h9-11,13,18H,7-8,12H2,1-6H3. The van der Waals surface area contributed by atoms with Crippen molar-refractivity contribution in [1.82, 2.24) is 5.32 Å². The van der Waals surface area contributed by atoms with Crippen molar-refractivity contribution in [3.63, 3.8) is 0 Å². The van der Waals surface area contributed by atoms with E-state index in [1.165, 1.54) is 5.56 Å². The minimum absolute atomic E-state index is 0.0895. The van der Waals surface area contributed by atoms with Crippen LogP contribution in [0, 0.1) is 0 Å². The normalized spacial score (nSPS) is 13.1. The minimum atomic E-state index is 0.0895. The molecule has 0 saturated carbocycles. The number of benzene rings is 1. The van der Waals surface area contributed by atoms with Crippen LogP contribution in [0.3, 0.4) is 0 Å². The number of rotatable bonds is 7. The molecule has 0 amide bonds. The maximum Gasteiger partial charge on any atom is 0.127 e. The lowest BCUT2D eigenvalue weighted by molar-refractivity contribution is 0.206. The van der Waals surface area contributed by atoms with Crippen LogP contribution >= 0.6 is 0 Å². The third-order valence-corrected chi connectivity index (χ3v) is 3.11. The van der Waals surface area contributed by atoms with Crippen LogP contribution in [0.1, 0.15) is 53.0 Å². The number of hydrogen-bond acceptors (Lipinski definition) is 3. The monoisotopic (exact) mass is 279 g/mol. The summed E-state index contributed by atoms with van der Waals surface area (Å²) >= 11 is 0. The average Bonchev–Trinajstić information content (AvgIpc) is 2.36. The molecule has 0 bridgehead atoms. The van der Waals surface area contributed by atoms with E-state index in [4.69, 9.17) is 9.47 Å². The first-order valence-electron chi connectivity index (χ1n) is 7.44. The van der Waals surface area contributed by atoms with E-state index < -0.39 is 0 Å². The third-order valence-electron chi connectivity index (χ3n) is 3.11. The number of methoxy groups -OCH3 is 1. The summed E-state index contributed by atoms with van der Waals surface area (Å²) in [7, 11) is 1.68. The van der Waals surface area contributed by atoms with Crippen molar-refractivity contribution in [3.05, 3.63) is 23.8 Å². The maximum absolute atomic E-state index is 6.07. The van der Waals surface area contributed by atoms with Gasteiger partial charge in [0.1, 0.15) is 11.5 Å². The maximum atomic E-state index is 6.07. The summed E-state index contributed by atoms with van der Waals surface area (Å²) in [4.78, 5) is 0. The van der Waals surface area contributed by atoms with Gasteiger partial charge in [-0.2, -0.15) is 0 Å². The van der Waals surface area contributed by atoms with Crippen LogP contribution in [-0.4, -0.2) is 18.8 Å². The molecule has 3 nitrogen and oxygen atoms in total. The Morgan fingerprint density at radius 2 is 1.95 bits per heavy atom.